The van der Waals surface area contributed by atoms with Crippen molar-refractivity contribution >= 4 is 40.8 Å². The lowest BCUT2D eigenvalue weighted by Crippen LogP contribution is -2.12. The average Bonchev–Trinajstić information content (AvgIpc) is 2.91. The Balaban J connectivity index is 1.94. The molecule has 0 fully saturated rings. The summed E-state index contributed by atoms with van der Waals surface area (Å²) in [5, 5.41) is 4.72. The lowest BCUT2D eigenvalue weighted by molar-refractivity contribution is 0.102. The first kappa shape index (κ1) is 14.8. The predicted octanol–water partition coefficient (Wildman–Crippen LogP) is 4.66. The number of hydrogen-bond acceptors (Lipinski definition) is 3. The zero-order valence-corrected chi connectivity index (χ0v) is 13.1. The van der Waals surface area contributed by atoms with E-state index in [-0.39, 0.29) is 5.91 Å². The Morgan fingerprint density at radius 2 is 2.09 bits per heavy atom. The third-order valence-electron chi connectivity index (χ3n) is 3.35. The number of carbonyl (C=O) groups excluding carboxylic acids is 2. The summed E-state index contributed by atoms with van der Waals surface area (Å²) >= 11 is 7.27. The van der Waals surface area contributed by atoms with Crippen LogP contribution in [0.3, 0.4) is 0 Å². The average molecular weight is 330 g/mol. The zero-order chi connectivity index (χ0) is 15.5. The molecule has 0 atom stereocenters. The molecule has 0 saturated heterocycles. The second-order valence-electron chi connectivity index (χ2n) is 4.78. The highest BCUT2D eigenvalue weighted by Crippen LogP contribution is 2.37. The zero-order valence-electron chi connectivity index (χ0n) is 11.5. The van der Waals surface area contributed by atoms with Crippen molar-refractivity contribution in [2.45, 2.75) is 5.88 Å². The molecule has 1 amide bonds. The van der Waals surface area contributed by atoms with E-state index in [4.69, 9.17) is 11.6 Å². The van der Waals surface area contributed by atoms with Gasteiger partial charge in [-0.3, -0.25) is 9.59 Å². The lowest BCUT2D eigenvalue weighted by Gasteiger charge is -2.05. The van der Waals surface area contributed by atoms with Gasteiger partial charge in [0.1, 0.15) is 0 Å². The normalized spacial score (nSPS) is 10.6. The van der Waals surface area contributed by atoms with Crippen LogP contribution in [0.5, 0.6) is 0 Å². The number of benzene rings is 1. The van der Waals surface area contributed by atoms with Crippen LogP contribution in [0, 0.1) is 0 Å². The second-order valence-corrected chi connectivity index (χ2v) is 5.96. The molecule has 22 heavy (non-hydrogen) atoms. The van der Waals surface area contributed by atoms with Crippen LogP contribution in [0.4, 0.5) is 5.69 Å². The summed E-state index contributed by atoms with van der Waals surface area (Å²) in [4.78, 5) is 24.6. The second kappa shape index (κ2) is 6.30. The van der Waals surface area contributed by atoms with Crippen molar-refractivity contribution in [2.75, 3.05) is 5.32 Å². The molecule has 1 aliphatic heterocycles. The minimum absolute atomic E-state index is 0.254. The fourth-order valence-corrected chi connectivity index (χ4v) is 3.30. The van der Waals surface area contributed by atoms with Crippen molar-refractivity contribution < 1.29 is 9.59 Å². The van der Waals surface area contributed by atoms with E-state index in [9.17, 15) is 9.59 Å². The molecule has 1 heterocycles. The standard InChI is InChI=1S/C17H12ClNO2S/c18-9-11-3-1-4-13(7-11)17(21)19-15-8-12-5-2-6-22-16(12)14(15)10-20/h1-8,10H,9H2,(H,19,21). The number of rotatable bonds is 4. The first-order valence-corrected chi connectivity index (χ1v) is 8.06. The molecule has 0 bridgehead atoms. The Kier molecular flexibility index (Phi) is 4.22. The SMILES string of the molecule is O=Cc1c(NC(=O)c2cccc(CCl)c2)cc2cccsc1-2. The van der Waals surface area contributed by atoms with Crippen molar-refractivity contribution in [3.8, 4) is 10.4 Å². The van der Waals surface area contributed by atoms with Crippen LogP contribution in [0.25, 0.3) is 10.4 Å². The lowest BCUT2D eigenvalue weighted by atomic mass is 10.1. The summed E-state index contributed by atoms with van der Waals surface area (Å²) in [5.41, 5.74) is 3.39. The topological polar surface area (TPSA) is 46.2 Å². The summed E-state index contributed by atoms with van der Waals surface area (Å²) in [7, 11) is 0. The molecule has 1 aromatic rings. The fourth-order valence-electron chi connectivity index (χ4n) is 2.29. The van der Waals surface area contributed by atoms with Gasteiger partial charge in [0.15, 0.2) is 6.29 Å². The van der Waals surface area contributed by atoms with Gasteiger partial charge in [-0.05, 0) is 34.7 Å². The van der Waals surface area contributed by atoms with Gasteiger partial charge in [-0.15, -0.1) is 22.9 Å². The van der Waals surface area contributed by atoms with Gasteiger partial charge >= 0.3 is 0 Å². The van der Waals surface area contributed by atoms with Gasteiger partial charge in [-0.1, -0.05) is 24.3 Å². The van der Waals surface area contributed by atoms with E-state index in [0.29, 0.717) is 22.7 Å². The smallest absolute Gasteiger partial charge is 0.255 e. The molecule has 1 aromatic carbocycles. The molecule has 3 nitrogen and oxygen atoms in total. The molecule has 2 aliphatic rings. The molecule has 0 saturated carbocycles. The Hall–Kier alpha value is -2.17. The number of amides is 1. The van der Waals surface area contributed by atoms with Gasteiger partial charge in [0, 0.05) is 16.3 Å². The Labute approximate surface area is 136 Å². The number of anilines is 1. The third kappa shape index (κ3) is 2.75. The van der Waals surface area contributed by atoms with Gasteiger partial charge in [0.25, 0.3) is 5.91 Å². The van der Waals surface area contributed by atoms with Crippen molar-refractivity contribution in [2.24, 2.45) is 0 Å². The molecule has 0 radical (unpaired) electrons. The number of fused-ring (bicyclic) bond motifs is 1. The van der Waals surface area contributed by atoms with Gasteiger partial charge in [0.2, 0.25) is 0 Å². The molecule has 1 aliphatic carbocycles. The summed E-state index contributed by atoms with van der Waals surface area (Å²) in [6.07, 6.45) is 0.781. The van der Waals surface area contributed by atoms with Crippen LogP contribution >= 0.6 is 22.9 Å². The van der Waals surface area contributed by atoms with E-state index in [0.717, 1.165) is 22.3 Å². The number of aldehydes is 1. The highest BCUT2D eigenvalue weighted by molar-refractivity contribution is 7.13. The summed E-state index contributed by atoms with van der Waals surface area (Å²) in [6, 6.07) is 12.8. The van der Waals surface area contributed by atoms with E-state index in [1.54, 1.807) is 18.2 Å². The van der Waals surface area contributed by atoms with E-state index in [2.05, 4.69) is 5.32 Å². The highest BCUT2D eigenvalue weighted by atomic mass is 35.5. The molecular weight excluding hydrogens is 318 g/mol. The maximum atomic E-state index is 12.4. The van der Waals surface area contributed by atoms with Crippen LogP contribution < -0.4 is 5.32 Å². The van der Waals surface area contributed by atoms with Crippen molar-refractivity contribution in [1.29, 1.82) is 0 Å². The van der Waals surface area contributed by atoms with E-state index < -0.39 is 0 Å². The third-order valence-corrected chi connectivity index (χ3v) is 4.64. The monoisotopic (exact) mass is 329 g/mol. The summed E-state index contributed by atoms with van der Waals surface area (Å²) in [5.74, 6) is 0.0956. The number of alkyl halides is 1. The van der Waals surface area contributed by atoms with E-state index >= 15 is 0 Å². The molecule has 0 aromatic heterocycles. The van der Waals surface area contributed by atoms with E-state index in [1.807, 2.05) is 29.6 Å². The first-order chi connectivity index (χ1) is 10.7. The van der Waals surface area contributed by atoms with Gasteiger partial charge in [-0.2, -0.15) is 0 Å². The molecular formula is C17H12ClNO2S. The molecule has 0 spiro atoms. The number of halogens is 1. The van der Waals surface area contributed by atoms with Crippen molar-refractivity contribution in [3.05, 3.63) is 64.5 Å². The number of hydrogen-bond donors (Lipinski definition) is 1. The minimum atomic E-state index is -0.254. The maximum Gasteiger partial charge on any atom is 0.255 e. The predicted molar refractivity (Wildman–Crippen MR) is 90.3 cm³/mol. The highest BCUT2D eigenvalue weighted by Gasteiger charge is 2.18. The quantitative estimate of drug-likeness (QED) is 0.559. The van der Waals surface area contributed by atoms with Gasteiger partial charge < -0.3 is 5.32 Å². The van der Waals surface area contributed by atoms with Crippen LogP contribution in [0.15, 0.2) is 47.8 Å². The van der Waals surface area contributed by atoms with Crippen molar-refractivity contribution in [1.82, 2.24) is 0 Å². The molecule has 5 heteroatoms. The van der Waals surface area contributed by atoms with Crippen LogP contribution in [-0.2, 0) is 5.88 Å². The van der Waals surface area contributed by atoms with Crippen molar-refractivity contribution in [3.63, 3.8) is 0 Å². The van der Waals surface area contributed by atoms with Gasteiger partial charge in [-0.25, -0.2) is 0 Å². The summed E-state index contributed by atoms with van der Waals surface area (Å²) in [6.45, 7) is 0. The molecule has 3 rings (SSSR count). The van der Waals surface area contributed by atoms with Gasteiger partial charge in [0.05, 0.1) is 11.3 Å². The van der Waals surface area contributed by atoms with Crippen LogP contribution in [0.1, 0.15) is 26.3 Å². The fraction of sp³-hybridized carbons (Fsp3) is 0.0588. The van der Waals surface area contributed by atoms with E-state index in [1.165, 1.54) is 11.3 Å². The number of carbonyl (C=O) groups is 2. The number of nitrogens with one attached hydrogen (secondary N) is 1. The first-order valence-electron chi connectivity index (χ1n) is 6.64. The summed E-state index contributed by atoms with van der Waals surface area (Å²) < 4.78 is 0. The Morgan fingerprint density at radius 3 is 2.86 bits per heavy atom. The Morgan fingerprint density at radius 1 is 1.23 bits per heavy atom. The molecule has 110 valence electrons. The molecule has 0 unspecified atom stereocenters. The van der Waals surface area contributed by atoms with Crippen LogP contribution in [0.2, 0.25) is 0 Å². The molecule has 1 N–H and O–H groups in total. The maximum absolute atomic E-state index is 12.4. The Bertz CT molecular complexity index is 812. The van der Waals surface area contributed by atoms with Crippen LogP contribution in [-0.4, -0.2) is 12.2 Å². The largest absolute Gasteiger partial charge is 0.321 e. The minimum Gasteiger partial charge on any atom is -0.321 e.